The molecule has 1 fully saturated rings. The Bertz CT molecular complexity index is 826. The standard InChI is InChI=1S/C20H22ClFN4O2/c21-17-10-16(3-4-18(17)22)25-20(28)19(27)24-12-14-5-8-26(9-6-14)13-15-2-1-7-23-11-15/h1-4,7,10-11,14H,5-6,8-9,12-13H2,(H,24,27)(H,25,28). The summed E-state index contributed by atoms with van der Waals surface area (Å²) in [5, 5.41) is 4.98. The molecule has 8 heteroatoms. The summed E-state index contributed by atoms with van der Waals surface area (Å²) in [4.78, 5) is 30.5. The van der Waals surface area contributed by atoms with E-state index >= 15 is 0 Å². The highest BCUT2D eigenvalue weighted by atomic mass is 35.5. The van der Waals surface area contributed by atoms with Crippen LogP contribution in [-0.2, 0) is 16.1 Å². The number of pyridine rings is 1. The minimum Gasteiger partial charge on any atom is -0.348 e. The molecule has 0 atom stereocenters. The summed E-state index contributed by atoms with van der Waals surface area (Å²) in [5.74, 6) is -1.75. The SMILES string of the molecule is O=C(NCC1CCN(Cc2cccnc2)CC1)C(=O)Nc1ccc(F)c(Cl)c1. The molecule has 0 aliphatic carbocycles. The number of halogens is 2. The third kappa shape index (κ3) is 5.74. The lowest BCUT2D eigenvalue weighted by Crippen LogP contribution is -2.41. The Morgan fingerprint density at radius 2 is 2.00 bits per heavy atom. The first kappa shape index (κ1) is 20.2. The second-order valence-corrected chi connectivity index (χ2v) is 7.28. The third-order valence-electron chi connectivity index (χ3n) is 4.77. The van der Waals surface area contributed by atoms with Crippen LogP contribution in [-0.4, -0.2) is 41.3 Å². The molecule has 0 radical (unpaired) electrons. The highest BCUT2D eigenvalue weighted by molar-refractivity contribution is 6.39. The Labute approximate surface area is 168 Å². The predicted molar refractivity (Wildman–Crippen MR) is 105 cm³/mol. The number of hydrogen-bond donors (Lipinski definition) is 2. The highest BCUT2D eigenvalue weighted by Gasteiger charge is 2.21. The Morgan fingerprint density at radius 3 is 2.68 bits per heavy atom. The fraction of sp³-hybridized carbons (Fsp3) is 0.350. The fourth-order valence-electron chi connectivity index (χ4n) is 3.18. The van der Waals surface area contributed by atoms with Gasteiger partial charge in [0.15, 0.2) is 0 Å². The number of amides is 2. The van der Waals surface area contributed by atoms with Crippen molar-refractivity contribution in [2.75, 3.05) is 25.0 Å². The van der Waals surface area contributed by atoms with E-state index < -0.39 is 17.6 Å². The van der Waals surface area contributed by atoms with E-state index in [1.165, 1.54) is 17.7 Å². The number of aromatic nitrogens is 1. The zero-order chi connectivity index (χ0) is 19.9. The number of nitrogens with zero attached hydrogens (tertiary/aromatic N) is 2. The van der Waals surface area contributed by atoms with Gasteiger partial charge in [0.2, 0.25) is 0 Å². The van der Waals surface area contributed by atoms with Crippen LogP contribution in [0.2, 0.25) is 5.02 Å². The monoisotopic (exact) mass is 404 g/mol. The van der Waals surface area contributed by atoms with Crippen LogP contribution in [0.25, 0.3) is 0 Å². The molecule has 1 saturated heterocycles. The molecule has 2 N–H and O–H groups in total. The molecule has 2 amide bonds. The highest BCUT2D eigenvalue weighted by Crippen LogP contribution is 2.20. The van der Waals surface area contributed by atoms with Crippen molar-refractivity contribution in [1.29, 1.82) is 0 Å². The summed E-state index contributed by atoms with van der Waals surface area (Å²) < 4.78 is 13.1. The van der Waals surface area contributed by atoms with E-state index in [9.17, 15) is 14.0 Å². The Morgan fingerprint density at radius 1 is 1.21 bits per heavy atom. The smallest absolute Gasteiger partial charge is 0.313 e. The van der Waals surface area contributed by atoms with Crippen LogP contribution in [0, 0.1) is 11.7 Å². The van der Waals surface area contributed by atoms with E-state index in [-0.39, 0.29) is 10.7 Å². The molecule has 3 rings (SSSR count). The van der Waals surface area contributed by atoms with Gasteiger partial charge in [-0.3, -0.25) is 19.5 Å². The predicted octanol–water partition coefficient (Wildman–Crippen LogP) is 2.84. The lowest BCUT2D eigenvalue weighted by atomic mass is 9.96. The van der Waals surface area contributed by atoms with Crippen LogP contribution in [0.5, 0.6) is 0 Å². The maximum atomic E-state index is 13.1. The second-order valence-electron chi connectivity index (χ2n) is 6.87. The first-order valence-corrected chi connectivity index (χ1v) is 9.54. The number of anilines is 1. The van der Waals surface area contributed by atoms with Gasteiger partial charge in [-0.2, -0.15) is 0 Å². The van der Waals surface area contributed by atoms with Gasteiger partial charge in [-0.1, -0.05) is 17.7 Å². The van der Waals surface area contributed by atoms with E-state index in [0.717, 1.165) is 38.5 Å². The average Bonchev–Trinajstić information content (AvgIpc) is 2.71. The Hall–Kier alpha value is -2.51. The lowest BCUT2D eigenvalue weighted by molar-refractivity contribution is -0.136. The van der Waals surface area contributed by atoms with Crippen molar-refractivity contribution in [3.05, 3.63) is 59.1 Å². The maximum Gasteiger partial charge on any atom is 0.313 e. The van der Waals surface area contributed by atoms with Crippen molar-refractivity contribution in [2.45, 2.75) is 19.4 Å². The third-order valence-corrected chi connectivity index (χ3v) is 5.06. The van der Waals surface area contributed by atoms with Gasteiger partial charge in [0.25, 0.3) is 0 Å². The zero-order valence-electron chi connectivity index (χ0n) is 15.3. The topological polar surface area (TPSA) is 74.3 Å². The van der Waals surface area contributed by atoms with Crippen LogP contribution in [0.15, 0.2) is 42.7 Å². The normalized spacial score (nSPS) is 15.2. The summed E-state index contributed by atoms with van der Waals surface area (Å²) in [7, 11) is 0. The summed E-state index contributed by atoms with van der Waals surface area (Å²) >= 11 is 5.67. The Kier molecular flexibility index (Phi) is 6.95. The van der Waals surface area contributed by atoms with Crippen LogP contribution in [0.3, 0.4) is 0 Å². The Balaban J connectivity index is 1.39. The van der Waals surface area contributed by atoms with Crippen molar-refractivity contribution in [2.24, 2.45) is 5.92 Å². The van der Waals surface area contributed by atoms with E-state index in [1.807, 2.05) is 12.3 Å². The van der Waals surface area contributed by atoms with Gasteiger partial charge in [-0.25, -0.2) is 4.39 Å². The molecule has 0 bridgehead atoms. The molecule has 2 aromatic rings. The molecule has 148 valence electrons. The van der Waals surface area contributed by atoms with Crippen molar-refractivity contribution in [3.8, 4) is 0 Å². The first-order valence-electron chi connectivity index (χ1n) is 9.17. The van der Waals surface area contributed by atoms with Crippen molar-refractivity contribution < 1.29 is 14.0 Å². The average molecular weight is 405 g/mol. The number of benzene rings is 1. The minimum absolute atomic E-state index is 0.115. The number of likely N-dealkylation sites (tertiary alicyclic amines) is 1. The van der Waals surface area contributed by atoms with Gasteiger partial charge in [-0.05, 0) is 61.7 Å². The van der Waals surface area contributed by atoms with Gasteiger partial charge >= 0.3 is 11.8 Å². The molecule has 1 aromatic carbocycles. The molecule has 28 heavy (non-hydrogen) atoms. The number of carbonyl (C=O) groups excluding carboxylic acids is 2. The summed E-state index contributed by atoms with van der Waals surface area (Å²) in [6.07, 6.45) is 5.55. The number of hydrogen-bond acceptors (Lipinski definition) is 4. The zero-order valence-corrected chi connectivity index (χ0v) is 16.1. The van der Waals surface area contributed by atoms with Gasteiger partial charge in [0.05, 0.1) is 5.02 Å². The number of rotatable bonds is 5. The molecule has 2 heterocycles. The largest absolute Gasteiger partial charge is 0.348 e. The van der Waals surface area contributed by atoms with Crippen LogP contribution in [0.4, 0.5) is 10.1 Å². The molecular weight excluding hydrogens is 383 g/mol. The van der Waals surface area contributed by atoms with Gasteiger partial charge in [-0.15, -0.1) is 0 Å². The molecule has 1 aliphatic rings. The van der Waals surface area contributed by atoms with Gasteiger partial charge in [0.1, 0.15) is 5.82 Å². The van der Waals surface area contributed by atoms with E-state index in [2.05, 4.69) is 26.6 Å². The van der Waals surface area contributed by atoms with Crippen molar-refractivity contribution >= 4 is 29.1 Å². The molecule has 1 aliphatic heterocycles. The lowest BCUT2D eigenvalue weighted by Gasteiger charge is -2.31. The van der Waals surface area contributed by atoms with Crippen molar-refractivity contribution in [3.63, 3.8) is 0 Å². The molecule has 0 unspecified atom stereocenters. The molecular formula is C20H22ClFN4O2. The maximum absolute atomic E-state index is 13.1. The van der Waals surface area contributed by atoms with Crippen LogP contribution >= 0.6 is 11.6 Å². The number of nitrogens with one attached hydrogen (secondary N) is 2. The van der Waals surface area contributed by atoms with E-state index in [4.69, 9.17) is 11.6 Å². The fourth-order valence-corrected chi connectivity index (χ4v) is 3.36. The second kappa shape index (κ2) is 9.61. The molecule has 0 saturated carbocycles. The van der Waals surface area contributed by atoms with E-state index in [1.54, 1.807) is 6.20 Å². The summed E-state index contributed by atoms with van der Waals surface area (Å²) in [6, 6.07) is 7.74. The van der Waals surface area contributed by atoms with Crippen LogP contribution < -0.4 is 10.6 Å². The first-order chi connectivity index (χ1) is 13.5. The molecule has 6 nitrogen and oxygen atoms in total. The summed E-state index contributed by atoms with van der Waals surface area (Å²) in [6.45, 7) is 3.21. The van der Waals surface area contributed by atoms with Gasteiger partial charge < -0.3 is 10.6 Å². The van der Waals surface area contributed by atoms with Crippen LogP contribution in [0.1, 0.15) is 18.4 Å². The minimum atomic E-state index is -0.795. The quantitative estimate of drug-likeness (QED) is 0.751. The molecule has 1 aromatic heterocycles. The van der Waals surface area contributed by atoms with E-state index in [0.29, 0.717) is 12.5 Å². The molecule has 0 spiro atoms. The summed E-state index contributed by atoms with van der Waals surface area (Å²) in [5.41, 5.74) is 1.46. The van der Waals surface area contributed by atoms with Gasteiger partial charge in [0, 0.05) is 31.2 Å². The number of carbonyl (C=O) groups is 2. The number of piperidine rings is 1. The van der Waals surface area contributed by atoms with Crippen molar-refractivity contribution in [1.82, 2.24) is 15.2 Å².